The van der Waals surface area contributed by atoms with Crippen molar-refractivity contribution in [2.75, 3.05) is 13.7 Å². The molecule has 2 aromatic heterocycles. The van der Waals surface area contributed by atoms with E-state index in [2.05, 4.69) is 15.4 Å². The molecule has 4 aromatic rings. The topological polar surface area (TPSA) is 199 Å². The van der Waals surface area contributed by atoms with Crippen LogP contribution in [0.4, 0.5) is 4.79 Å². The Balaban J connectivity index is 1.15. The number of rotatable bonds is 7. The second kappa shape index (κ2) is 15.0. The number of nitrogens with zero attached hydrogens (tertiary/aromatic N) is 3. The van der Waals surface area contributed by atoms with Gasteiger partial charge >= 0.3 is 6.09 Å². The van der Waals surface area contributed by atoms with Crippen molar-refractivity contribution in [3.05, 3.63) is 65.7 Å². The molecule has 8 rings (SSSR count). The van der Waals surface area contributed by atoms with E-state index in [1.165, 1.54) is 12.0 Å². The molecule has 15 nitrogen and oxygen atoms in total. The summed E-state index contributed by atoms with van der Waals surface area (Å²) >= 11 is 6.57. The van der Waals surface area contributed by atoms with Gasteiger partial charge in [-0.2, -0.15) is 4.98 Å². The zero-order chi connectivity index (χ0) is 39.2. The molecule has 2 aromatic carbocycles. The van der Waals surface area contributed by atoms with Crippen molar-refractivity contribution >= 4 is 67.5 Å². The molecular formula is C39H41ClN6O9S. The van der Waals surface area contributed by atoms with Crippen molar-refractivity contribution in [3.8, 4) is 17.3 Å². The van der Waals surface area contributed by atoms with Crippen LogP contribution in [0.15, 0.2) is 65.1 Å². The Hall–Kier alpha value is -5.22. The molecule has 4 heterocycles. The number of benzene rings is 2. The van der Waals surface area contributed by atoms with Crippen LogP contribution in [0, 0.1) is 5.92 Å². The molecule has 3 N–H and O–H groups in total. The molecule has 2 aliphatic carbocycles. The van der Waals surface area contributed by atoms with Crippen LogP contribution in [0.5, 0.6) is 5.88 Å². The lowest BCUT2D eigenvalue weighted by molar-refractivity contribution is -0.141. The molecule has 3 fully saturated rings. The van der Waals surface area contributed by atoms with E-state index in [-0.39, 0.29) is 43.1 Å². The maximum atomic E-state index is 14.4. The highest BCUT2D eigenvalue weighted by molar-refractivity contribution is 7.91. The number of carbonyl (C=O) groups is 4. The van der Waals surface area contributed by atoms with E-state index in [0.717, 1.165) is 12.8 Å². The molecule has 294 valence electrons. The second-order valence-electron chi connectivity index (χ2n) is 14.8. The number of carbonyl (C=O) groups excluding carboxylic acids is 4. The number of ether oxygens (including phenoxy) is 2. The summed E-state index contributed by atoms with van der Waals surface area (Å²) < 4.78 is 45.5. The number of allylic oxidation sites excluding steroid dienone is 1. The normalized spacial score (nSPS) is 26.3. The summed E-state index contributed by atoms with van der Waals surface area (Å²) in [5.74, 6) is -2.13. The molecule has 0 radical (unpaired) electrons. The number of furan rings is 1. The number of methoxy groups -OCH3 is 1. The maximum absolute atomic E-state index is 14.4. The standard InChI is InChI=1S/C39H41ClN6O9S/c1-53-38(50)41-28-15-6-4-2-3-5-11-22-20-39(22,37(49)45-56(51,52)24-17-18-24)44-34(47)29-19-23(21-46(29)36(28)48)54-35-32-31(26-13-8-10-16-30(26)55-32)42-33(43-35)25-12-7-9-14-27(25)40/h5,7-14,16,22-24,28-29H,2-4,6,15,17-21H2,1H3,(H,41,50)(H,44,47)(H,45,49)/b11-5-. The van der Waals surface area contributed by atoms with Gasteiger partial charge in [0, 0.05) is 23.3 Å². The van der Waals surface area contributed by atoms with Gasteiger partial charge in [0.15, 0.2) is 5.82 Å². The van der Waals surface area contributed by atoms with Gasteiger partial charge in [0.05, 0.1) is 23.9 Å². The number of halogens is 1. The largest absolute Gasteiger partial charge is 0.470 e. The molecule has 5 atom stereocenters. The van der Waals surface area contributed by atoms with Gasteiger partial charge < -0.3 is 29.4 Å². The highest BCUT2D eigenvalue weighted by Gasteiger charge is 2.62. The Morgan fingerprint density at radius 3 is 2.61 bits per heavy atom. The van der Waals surface area contributed by atoms with E-state index in [9.17, 15) is 27.6 Å². The molecular weight excluding hydrogens is 764 g/mol. The maximum Gasteiger partial charge on any atom is 0.407 e. The van der Waals surface area contributed by atoms with Gasteiger partial charge in [0.2, 0.25) is 27.4 Å². The van der Waals surface area contributed by atoms with E-state index in [4.69, 9.17) is 35.5 Å². The Bertz CT molecular complexity index is 2360. The zero-order valence-electron chi connectivity index (χ0n) is 30.5. The number of hydrogen-bond acceptors (Lipinski definition) is 11. The highest BCUT2D eigenvalue weighted by Crippen LogP contribution is 2.46. The lowest BCUT2D eigenvalue weighted by atomic mass is 10.1. The monoisotopic (exact) mass is 804 g/mol. The van der Waals surface area contributed by atoms with Crippen LogP contribution < -0.4 is 20.1 Å². The van der Waals surface area contributed by atoms with E-state index >= 15 is 0 Å². The summed E-state index contributed by atoms with van der Waals surface area (Å²) in [5.41, 5.74) is 0.295. The third-order valence-electron chi connectivity index (χ3n) is 10.9. The molecule has 4 aliphatic rings. The van der Waals surface area contributed by atoms with Crippen LogP contribution in [-0.2, 0) is 29.1 Å². The lowest BCUT2D eigenvalue weighted by Gasteiger charge is -2.29. The van der Waals surface area contributed by atoms with Gasteiger partial charge in [-0.15, -0.1) is 0 Å². The first-order chi connectivity index (χ1) is 27.0. The van der Waals surface area contributed by atoms with Gasteiger partial charge in [-0.3, -0.25) is 19.1 Å². The van der Waals surface area contributed by atoms with Gasteiger partial charge in [-0.25, -0.2) is 18.2 Å². The number of para-hydroxylation sites is 1. The summed E-state index contributed by atoms with van der Waals surface area (Å²) in [6.45, 7) is -0.0952. The summed E-state index contributed by atoms with van der Waals surface area (Å²) in [6, 6.07) is 12.2. The van der Waals surface area contributed by atoms with E-state index in [1.807, 2.05) is 36.4 Å². The Morgan fingerprint density at radius 1 is 1.04 bits per heavy atom. The third-order valence-corrected chi connectivity index (χ3v) is 13.1. The molecule has 2 saturated carbocycles. The van der Waals surface area contributed by atoms with Gasteiger partial charge in [0.25, 0.3) is 11.8 Å². The SMILES string of the molecule is COC(=O)NC1CCCCC/C=C\C2CC2(C(=O)NS(=O)(=O)C2CC2)NC(=O)C2CC(Oc3nc(-c4ccccc4Cl)nc4c3oc3ccccc34)CN2C1=O. The van der Waals surface area contributed by atoms with Gasteiger partial charge in [0.1, 0.15) is 34.8 Å². The lowest BCUT2D eigenvalue weighted by Crippen LogP contribution is -2.58. The number of amides is 4. The molecule has 17 heteroatoms. The van der Waals surface area contributed by atoms with Gasteiger partial charge in [-0.1, -0.05) is 60.9 Å². The molecule has 0 spiro atoms. The zero-order valence-corrected chi connectivity index (χ0v) is 32.1. The first-order valence-electron chi connectivity index (χ1n) is 18.8. The Kier molecular flexibility index (Phi) is 10.1. The predicted octanol–water partition coefficient (Wildman–Crippen LogP) is 4.77. The van der Waals surface area contributed by atoms with Crippen LogP contribution in [-0.4, -0.2) is 89.7 Å². The number of nitrogens with one attached hydrogen (secondary N) is 3. The smallest absolute Gasteiger partial charge is 0.407 e. The molecule has 2 aliphatic heterocycles. The fraction of sp³-hybridized carbons (Fsp3) is 0.436. The highest BCUT2D eigenvalue weighted by atomic mass is 35.5. The number of alkyl carbamates (subject to hydrolysis) is 1. The van der Waals surface area contributed by atoms with Gasteiger partial charge in [-0.05, 0) is 62.8 Å². The molecule has 5 unspecified atom stereocenters. The fourth-order valence-corrected chi connectivity index (χ4v) is 9.20. The molecule has 0 bridgehead atoms. The number of hydrogen-bond donors (Lipinski definition) is 3. The summed E-state index contributed by atoms with van der Waals surface area (Å²) in [6.07, 6.45) is 6.30. The van der Waals surface area contributed by atoms with Crippen molar-refractivity contribution in [2.24, 2.45) is 5.92 Å². The number of aromatic nitrogens is 2. The van der Waals surface area contributed by atoms with Crippen molar-refractivity contribution in [2.45, 2.75) is 86.8 Å². The minimum Gasteiger partial charge on any atom is -0.470 e. The van der Waals surface area contributed by atoms with E-state index < -0.39 is 68.7 Å². The summed E-state index contributed by atoms with van der Waals surface area (Å²) in [7, 11) is -2.72. The summed E-state index contributed by atoms with van der Waals surface area (Å²) in [5, 5.41) is 5.99. The Labute approximate surface area is 327 Å². The van der Waals surface area contributed by atoms with Crippen molar-refractivity contribution in [3.63, 3.8) is 0 Å². The van der Waals surface area contributed by atoms with E-state index in [1.54, 1.807) is 24.3 Å². The molecule has 1 saturated heterocycles. The minimum absolute atomic E-state index is 0.0335. The van der Waals surface area contributed by atoms with Crippen molar-refractivity contribution in [1.82, 2.24) is 30.2 Å². The number of sulfonamides is 1. The minimum atomic E-state index is -3.92. The predicted molar refractivity (Wildman–Crippen MR) is 205 cm³/mol. The number of fused-ring (bicyclic) bond motifs is 5. The van der Waals surface area contributed by atoms with E-state index in [0.29, 0.717) is 52.8 Å². The van der Waals surface area contributed by atoms with Crippen molar-refractivity contribution < 1.29 is 41.5 Å². The third kappa shape index (κ3) is 7.39. The first kappa shape index (κ1) is 37.7. The first-order valence-corrected chi connectivity index (χ1v) is 20.7. The average Bonchev–Trinajstić information content (AvgIpc) is 4.08. The van der Waals surface area contributed by atoms with Crippen LogP contribution >= 0.6 is 11.6 Å². The van der Waals surface area contributed by atoms with Crippen LogP contribution in [0.1, 0.15) is 57.8 Å². The quantitative estimate of drug-likeness (QED) is 0.218. The van der Waals surface area contributed by atoms with Crippen LogP contribution in [0.3, 0.4) is 0 Å². The van der Waals surface area contributed by atoms with Crippen LogP contribution in [0.2, 0.25) is 5.02 Å². The molecule has 4 amide bonds. The van der Waals surface area contributed by atoms with Crippen molar-refractivity contribution in [1.29, 1.82) is 0 Å². The second-order valence-corrected chi connectivity index (χ2v) is 17.2. The fourth-order valence-electron chi connectivity index (χ4n) is 7.61. The van der Waals surface area contributed by atoms with Crippen LogP contribution in [0.25, 0.3) is 33.5 Å². The Morgan fingerprint density at radius 2 is 1.82 bits per heavy atom. The average molecular weight is 805 g/mol. The summed E-state index contributed by atoms with van der Waals surface area (Å²) in [4.78, 5) is 66.0. The molecule has 56 heavy (non-hydrogen) atoms.